The maximum absolute atomic E-state index is 5.83. The van der Waals surface area contributed by atoms with Gasteiger partial charge in [0.15, 0.2) is 35.7 Å². The lowest BCUT2D eigenvalue weighted by Crippen LogP contribution is -3.00. The summed E-state index contributed by atoms with van der Waals surface area (Å²) in [6.45, 7) is 3.04. The standard InChI is InChI=1S/C29H30NO4.HI/c1-18-8-6-7-9-19(18)14-23-21-10-11-25(31-2)29(34-5)24(21)17-30-13-12-20-15-26(32-3)27(33-4)16-22(20)28(23)30;/h6-11,15-17H,12-14H2,1-5H3;1H/q+1;/p-1. The number of aromatic nitrogens is 1. The summed E-state index contributed by atoms with van der Waals surface area (Å²) in [4.78, 5) is 0. The number of rotatable bonds is 6. The van der Waals surface area contributed by atoms with E-state index in [9.17, 15) is 0 Å². The molecule has 0 bridgehead atoms. The molecular formula is C29H30INO4. The third-order valence-electron chi connectivity index (χ3n) is 6.88. The van der Waals surface area contributed by atoms with Gasteiger partial charge in [0.25, 0.3) is 0 Å². The Labute approximate surface area is 223 Å². The van der Waals surface area contributed by atoms with E-state index in [1.54, 1.807) is 28.4 Å². The van der Waals surface area contributed by atoms with Crippen molar-refractivity contribution in [3.63, 3.8) is 0 Å². The summed E-state index contributed by atoms with van der Waals surface area (Å²) in [6.07, 6.45) is 3.92. The highest BCUT2D eigenvalue weighted by molar-refractivity contribution is 5.95. The molecule has 0 fully saturated rings. The highest BCUT2D eigenvalue weighted by Gasteiger charge is 2.31. The van der Waals surface area contributed by atoms with Crippen LogP contribution < -0.4 is 47.5 Å². The van der Waals surface area contributed by atoms with E-state index in [4.69, 9.17) is 18.9 Å². The second-order valence-corrected chi connectivity index (χ2v) is 8.63. The minimum atomic E-state index is 0. The molecule has 182 valence electrons. The van der Waals surface area contributed by atoms with Gasteiger partial charge in [-0.15, -0.1) is 0 Å². The van der Waals surface area contributed by atoms with E-state index in [1.165, 1.54) is 33.5 Å². The Morgan fingerprint density at radius 3 is 2.20 bits per heavy atom. The van der Waals surface area contributed by atoms with Gasteiger partial charge in [-0.1, -0.05) is 24.3 Å². The second-order valence-electron chi connectivity index (χ2n) is 8.63. The number of benzene rings is 3. The summed E-state index contributed by atoms with van der Waals surface area (Å²) < 4.78 is 25.1. The van der Waals surface area contributed by atoms with Crippen molar-refractivity contribution in [3.05, 3.63) is 77.0 Å². The normalized spacial score (nSPS) is 11.8. The number of methoxy groups -OCH3 is 4. The molecule has 4 aromatic rings. The highest BCUT2D eigenvalue weighted by Crippen LogP contribution is 2.43. The molecule has 6 heteroatoms. The first kappa shape index (κ1) is 25.1. The fourth-order valence-corrected chi connectivity index (χ4v) is 5.12. The number of pyridine rings is 1. The molecule has 0 saturated carbocycles. The summed E-state index contributed by atoms with van der Waals surface area (Å²) in [5, 5.41) is 2.22. The predicted molar refractivity (Wildman–Crippen MR) is 133 cm³/mol. The summed E-state index contributed by atoms with van der Waals surface area (Å²) >= 11 is 0. The van der Waals surface area contributed by atoms with Crippen molar-refractivity contribution < 1.29 is 47.5 Å². The van der Waals surface area contributed by atoms with Crippen LogP contribution in [0.5, 0.6) is 23.0 Å². The summed E-state index contributed by atoms with van der Waals surface area (Å²) in [5.41, 5.74) is 7.51. The number of fused-ring (bicyclic) bond motifs is 4. The second kappa shape index (κ2) is 10.3. The molecular weight excluding hydrogens is 553 g/mol. The van der Waals surface area contributed by atoms with Crippen LogP contribution in [0, 0.1) is 6.92 Å². The third-order valence-corrected chi connectivity index (χ3v) is 6.88. The van der Waals surface area contributed by atoms with Crippen LogP contribution >= 0.6 is 0 Å². The van der Waals surface area contributed by atoms with E-state index in [1.807, 2.05) is 6.07 Å². The summed E-state index contributed by atoms with van der Waals surface area (Å²) in [7, 11) is 6.76. The van der Waals surface area contributed by atoms with E-state index in [0.717, 1.165) is 53.2 Å². The van der Waals surface area contributed by atoms with Crippen LogP contribution in [-0.4, -0.2) is 28.4 Å². The average molecular weight is 583 g/mol. The number of hydrogen-bond acceptors (Lipinski definition) is 4. The van der Waals surface area contributed by atoms with E-state index in [2.05, 4.69) is 60.2 Å². The number of ether oxygens (including phenoxy) is 4. The average Bonchev–Trinajstić information content (AvgIpc) is 2.87. The minimum absolute atomic E-state index is 0. The first-order valence-electron chi connectivity index (χ1n) is 11.5. The molecule has 0 unspecified atom stereocenters. The van der Waals surface area contributed by atoms with Crippen molar-refractivity contribution in [1.29, 1.82) is 0 Å². The van der Waals surface area contributed by atoms with Crippen LogP contribution in [0.3, 0.4) is 0 Å². The van der Waals surface area contributed by atoms with Gasteiger partial charge in [-0.2, -0.15) is 4.57 Å². The quantitative estimate of drug-likeness (QED) is 0.258. The van der Waals surface area contributed by atoms with Crippen molar-refractivity contribution in [2.75, 3.05) is 28.4 Å². The molecule has 5 nitrogen and oxygen atoms in total. The maximum Gasteiger partial charge on any atom is 0.217 e. The number of hydrogen-bond donors (Lipinski definition) is 0. The molecule has 1 aliphatic heterocycles. The Morgan fingerprint density at radius 1 is 0.800 bits per heavy atom. The molecule has 5 rings (SSSR count). The zero-order chi connectivity index (χ0) is 23.8. The zero-order valence-electron chi connectivity index (χ0n) is 20.8. The zero-order valence-corrected chi connectivity index (χ0v) is 22.9. The van der Waals surface area contributed by atoms with Gasteiger partial charge in [0.1, 0.15) is 0 Å². The first-order valence-corrected chi connectivity index (χ1v) is 11.5. The molecule has 0 aliphatic carbocycles. The van der Waals surface area contributed by atoms with Crippen molar-refractivity contribution in [3.8, 4) is 34.3 Å². The number of nitrogens with zero attached hydrogens (tertiary/aromatic N) is 1. The van der Waals surface area contributed by atoms with E-state index in [0.29, 0.717) is 0 Å². The Hall–Kier alpha value is -3.00. The van der Waals surface area contributed by atoms with Crippen molar-refractivity contribution >= 4 is 10.8 Å². The van der Waals surface area contributed by atoms with Crippen molar-refractivity contribution in [2.24, 2.45) is 0 Å². The minimum Gasteiger partial charge on any atom is -1.00 e. The summed E-state index contributed by atoms with van der Waals surface area (Å²) in [5.74, 6) is 3.01. The van der Waals surface area contributed by atoms with E-state index < -0.39 is 0 Å². The Balaban J connectivity index is 0.00000289. The van der Waals surface area contributed by atoms with Gasteiger partial charge in [0.05, 0.1) is 39.4 Å². The fraction of sp³-hybridized carbons (Fsp3) is 0.276. The van der Waals surface area contributed by atoms with Crippen LogP contribution in [-0.2, 0) is 19.4 Å². The van der Waals surface area contributed by atoms with Crippen LogP contribution in [0.4, 0.5) is 0 Å². The molecule has 0 saturated heterocycles. The molecule has 1 aromatic heterocycles. The Kier molecular flexibility index (Phi) is 7.40. The summed E-state index contributed by atoms with van der Waals surface area (Å²) in [6, 6.07) is 17.0. The molecule has 0 N–H and O–H groups in total. The van der Waals surface area contributed by atoms with E-state index in [-0.39, 0.29) is 24.0 Å². The molecule has 0 atom stereocenters. The molecule has 0 spiro atoms. The van der Waals surface area contributed by atoms with Crippen LogP contribution in [0.15, 0.2) is 54.7 Å². The molecule has 0 radical (unpaired) electrons. The van der Waals surface area contributed by atoms with Gasteiger partial charge in [0, 0.05) is 23.8 Å². The van der Waals surface area contributed by atoms with Gasteiger partial charge in [0.2, 0.25) is 5.69 Å². The van der Waals surface area contributed by atoms with Crippen LogP contribution in [0.25, 0.3) is 22.0 Å². The lowest BCUT2D eigenvalue weighted by molar-refractivity contribution is -0.686. The SMILES string of the molecule is COc1cc2c(cc1OC)-c1c(Cc3ccccc3C)c3ccc(OC)c(OC)c3c[n+]1CC2.[I-]. The first-order chi connectivity index (χ1) is 16.6. The van der Waals surface area contributed by atoms with E-state index >= 15 is 0 Å². The topological polar surface area (TPSA) is 40.8 Å². The largest absolute Gasteiger partial charge is 1.00 e. The molecule has 3 aromatic carbocycles. The Bertz CT molecular complexity index is 1400. The third kappa shape index (κ3) is 4.29. The number of halogens is 1. The lowest BCUT2D eigenvalue weighted by atomic mass is 9.88. The van der Waals surface area contributed by atoms with Crippen LogP contribution in [0.1, 0.15) is 22.3 Å². The monoisotopic (exact) mass is 583 g/mol. The highest BCUT2D eigenvalue weighted by atomic mass is 127. The van der Waals surface area contributed by atoms with Crippen molar-refractivity contribution in [1.82, 2.24) is 0 Å². The molecule has 35 heavy (non-hydrogen) atoms. The lowest BCUT2D eigenvalue weighted by Gasteiger charge is -2.22. The van der Waals surface area contributed by atoms with Gasteiger partial charge < -0.3 is 42.9 Å². The Morgan fingerprint density at radius 2 is 1.51 bits per heavy atom. The molecule has 1 aliphatic rings. The predicted octanol–water partition coefficient (Wildman–Crippen LogP) is 2.29. The van der Waals surface area contributed by atoms with Gasteiger partial charge in [-0.3, -0.25) is 0 Å². The molecule has 0 amide bonds. The van der Waals surface area contributed by atoms with Gasteiger partial charge >= 0.3 is 0 Å². The van der Waals surface area contributed by atoms with Crippen molar-refractivity contribution in [2.45, 2.75) is 26.3 Å². The number of aryl methyl sites for hydroxylation is 3. The maximum atomic E-state index is 5.83. The smallest absolute Gasteiger partial charge is 0.217 e. The molecule has 2 heterocycles. The fourth-order valence-electron chi connectivity index (χ4n) is 5.12. The van der Waals surface area contributed by atoms with Crippen LogP contribution in [0.2, 0.25) is 0 Å². The van der Waals surface area contributed by atoms with Gasteiger partial charge in [-0.05, 0) is 47.9 Å². The van der Waals surface area contributed by atoms with Gasteiger partial charge in [-0.25, -0.2) is 0 Å².